The quantitative estimate of drug-likeness (QED) is 0.220. The van der Waals surface area contributed by atoms with Crippen molar-refractivity contribution in [1.82, 2.24) is 0 Å². The van der Waals surface area contributed by atoms with E-state index in [-0.39, 0.29) is 19.3 Å². The molecule has 0 aliphatic rings. The van der Waals surface area contributed by atoms with Gasteiger partial charge in [0.25, 0.3) is 0 Å². The van der Waals surface area contributed by atoms with Gasteiger partial charge < -0.3 is 35.7 Å². The Balaban J connectivity index is -0.000000151. The van der Waals surface area contributed by atoms with E-state index in [2.05, 4.69) is 17.8 Å². The molecule has 0 rings (SSSR count). The van der Waals surface area contributed by atoms with Crippen LogP contribution < -0.4 is 0 Å². The van der Waals surface area contributed by atoms with Gasteiger partial charge in [-0.2, -0.15) is 0 Å². The molecule has 30 heavy (non-hydrogen) atoms. The second kappa shape index (κ2) is 25.9. The maximum atomic E-state index is 9.66. The lowest BCUT2D eigenvalue weighted by atomic mass is 9.93. The first-order valence-corrected chi connectivity index (χ1v) is 8.45. The molecule has 0 heterocycles. The molecule has 0 aromatic heterocycles. The lowest BCUT2D eigenvalue weighted by Gasteiger charge is -2.23. The summed E-state index contributed by atoms with van der Waals surface area (Å²) in [6.07, 6.45) is 15.5. The highest BCUT2D eigenvalue weighted by Gasteiger charge is 2.26. The van der Waals surface area contributed by atoms with Crippen LogP contribution in [0.25, 0.3) is 0 Å². The summed E-state index contributed by atoms with van der Waals surface area (Å²) in [6, 6.07) is 0. The van der Waals surface area contributed by atoms with E-state index in [0.29, 0.717) is 19.3 Å². The summed E-state index contributed by atoms with van der Waals surface area (Å²) in [5, 5.41) is 57.8. The number of rotatable bonds is 10. The van der Waals surface area contributed by atoms with Gasteiger partial charge in [-0.3, -0.25) is 14.4 Å². The fourth-order valence-electron chi connectivity index (χ4n) is 0.837. The van der Waals surface area contributed by atoms with Crippen molar-refractivity contribution in [2.75, 3.05) is 26.4 Å². The Bertz CT molecular complexity index is 490. The average Bonchev–Trinajstić information content (AvgIpc) is 2.72. The SMILES string of the molecule is C#CCCC(=O)O.C#CCCC(=O)O.C#CCCC(=O)O.OCC(CO)(CO)CO. The minimum absolute atomic E-state index is 0.0799. The smallest absolute Gasteiger partial charge is 0.304 e. The van der Waals surface area contributed by atoms with E-state index in [1.165, 1.54) is 0 Å². The number of aliphatic carboxylic acids is 3. The minimum Gasteiger partial charge on any atom is -0.481 e. The average molecular weight is 430 g/mol. The van der Waals surface area contributed by atoms with E-state index in [4.69, 9.17) is 55.0 Å². The maximum absolute atomic E-state index is 9.66. The summed E-state index contributed by atoms with van der Waals surface area (Å²) in [4.78, 5) is 29.0. The van der Waals surface area contributed by atoms with E-state index in [1.54, 1.807) is 0 Å². The molecule has 0 aliphatic carbocycles. The third-order valence-electron chi connectivity index (χ3n) is 2.79. The van der Waals surface area contributed by atoms with Crippen molar-refractivity contribution in [2.24, 2.45) is 5.41 Å². The van der Waals surface area contributed by atoms with Crippen LogP contribution in [0.1, 0.15) is 38.5 Å². The Morgan fingerprint density at radius 3 is 0.800 bits per heavy atom. The molecule has 0 fully saturated rings. The highest BCUT2D eigenvalue weighted by atomic mass is 16.4. The lowest BCUT2D eigenvalue weighted by molar-refractivity contribution is -0.137. The van der Waals surface area contributed by atoms with Crippen molar-refractivity contribution in [3.63, 3.8) is 0 Å². The molecular formula is C20H30O10. The fraction of sp³-hybridized carbons (Fsp3) is 0.550. The maximum Gasteiger partial charge on any atom is 0.304 e. The van der Waals surface area contributed by atoms with Gasteiger partial charge in [-0.15, -0.1) is 37.0 Å². The standard InChI is InChI=1S/C5H12O4.3C5H6O2/c6-1-5(2-7,3-8)4-9;3*1-2-3-4-5(6)7/h6-9H,1-4H2;3*1H,3-4H2,(H,6,7). The van der Waals surface area contributed by atoms with Crippen molar-refractivity contribution in [3.8, 4) is 37.0 Å². The van der Waals surface area contributed by atoms with Crippen LogP contribution in [0.5, 0.6) is 0 Å². The second-order valence-corrected chi connectivity index (χ2v) is 5.43. The largest absolute Gasteiger partial charge is 0.481 e. The monoisotopic (exact) mass is 430 g/mol. The van der Waals surface area contributed by atoms with Gasteiger partial charge >= 0.3 is 17.9 Å². The molecule has 10 nitrogen and oxygen atoms in total. The summed E-state index contributed by atoms with van der Waals surface area (Å²) in [5.74, 6) is 4.15. The number of terminal acetylenes is 3. The number of hydrogen-bond acceptors (Lipinski definition) is 7. The minimum atomic E-state index is -1.11. The Morgan fingerprint density at radius 2 is 0.767 bits per heavy atom. The van der Waals surface area contributed by atoms with Crippen LogP contribution in [0, 0.1) is 42.4 Å². The molecule has 0 aromatic rings. The molecule has 10 heteroatoms. The first-order chi connectivity index (χ1) is 14.1. The molecular weight excluding hydrogens is 400 g/mol. The van der Waals surface area contributed by atoms with Gasteiger partial charge in [-0.1, -0.05) is 0 Å². The normalized spacial score (nSPS) is 8.70. The molecule has 0 amide bonds. The Labute approximate surface area is 176 Å². The zero-order valence-electron chi connectivity index (χ0n) is 16.7. The molecule has 7 N–H and O–H groups in total. The topological polar surface area (TPSA) is 193 Å². The number of carboxylic acids is 3. The van der Waals surface area contributed by atoms with Crippen molar-refractivity contribution in [1.29, 1.82) is 0 Å². The summed E-state index contributed by atoms with van der Waals surface area (Å²) >= 11 is 0. The lowest BCUT2D eigenvalue weighted by Crippen LogP contribution is -2.37. The molecule has 0 saturated heterocycles. The third-order valence-corrected chi connectivity index (χ3v) is 2.79. The molecule has 0 bridgehead atoms. The molecule has 0 aromatic carbocycles. The van der Waals surface area contributed by atoms with E-state index in [1.807, 2.05) is 0 Å². The van der Waals surface area contributed by atoms with Crippen LogP contribution in [0.3, 0.4) is 0 Å². The van der Waals surface area contributed by atoms with Crippen molar-refractivity contribution in [2.45, 2.75) is 38.5 Å². The second-order valence-electron chi connectivity index (χ2n) is 5.43. The first-order valence-electron chi connectivity index (χ1n) is 8.45. The fourth-order valence-corrected chi connectivity index (χ4v) is 0.837. The van der Waals surface area contributed by atoms with Gasteiger partial charge in [0.15, 0.2) is 0 Å². The summed E-state index contributed by atoms with van der Waals surface area (Å²) < 4.78 is 0. The highest BCUT2D eigenvalue weighted by molar-refractivity contribution is 5.67. The number of aliphatic hydroxyl groups excluding tert-OH is 4. The number of hydrogen-bond donors (Lipinski definition) is 7. The van der Waals surface area contributed by atoms with Crippen LogP contribution in [0.4, 0.5) is 0 Å². The van der Waals surface area contributed by atoms with E-state index in [9.17, 15) is 14.4 Å². The summed E-state index contributed by atoms with van der Waals surface area (Å²) in [7, 11) is 0. The van der Waals surface area contributed by atoms with Gasteiger partial charge in [0.1, 0.15) is 0 Å². The molecule has 170 valence electrons. The van der Waals surface area contributed by atoms with Gasteiger partial charge in [0.2, 0.25) is 0 Å². The van der Waals surface area contributed by atoms with Gasteiger partial charge in [-0.05, 0) is 0 Å². The zero-order chi connectivity index (χ0) is 24.4. The predicted octanol–water partition coefficient (Wildman–Crippen LogP) is -0.605. The van der Waals surface area contributed by atoms with Crippen molar-refractivity contribution in [3.05, 3.63) is 0 Å². The van der Waals surface area contributed by atoms with Crippen molar-refractivity contribution < 1.29 is 50.1 Å². The molecule has 0 spiro atoms. The van der Waals surface area contributed by atoms with Crippen LogP contribution >= 0.6 is 0 Å². The number of carboxylic acid groups (broad SMARTS) is 3. The third kappa shape index (κ3) is 32.6. The molecule has 0 radical (unpaired) electrons. The highest BCUT2D eigenvalue weighted by Crippen LogP contribution is 2.11. The van der Waals surface area contributed by atoms with Gasteiger partial charge in [0.05, 0.1) is 51.1 Å². The summed E-state index contributed by atoms with van der Waals surface area (Å²) in [6.45, 7) is -1.62. The van der Waals surface area contributed by atoms with Crippen molar-refractivity contribution >= 4 is 17.9 Å². The van der Waals surface area contributed by atoms with Crippen LogP contribution in [-0.4, -0.2) is 80.1 Å². The van der Waals surface area contributed by atoms with E-state index >= 15 is 0 Å². The molecule has 0 saturated carbocycles. The van der Waals surface area contributed by atoms with Crippen LogP contribution in [0.15, 0.2) is 0 Å². The Hall–Kier alpha value is -3.07. The van der Waals surface area contributed by atoms with E-state index < -0.39 is 49.8 Å². The Morgan fingerprint density at radius 1 is 0.567 bits per heavy atom. The van der Waals surface area contributed by atoms with Crippen LogP contribution in [0.2, 0.25) is 0 Å². The van der Waals surface area contributed by atoms with Gasteiger partial charge in [0, 0.05) is 19.3 Å². The Kier molecular flexibility index (Phi) is 29.8. The van der Waals surface area contributed by atoms with E-state index in [0.717, 1.165) is 0 Å². The first kappa shape index (κ1) is 34.4. The predicted molar refractivity (Wildman–Crippen MR) is 108 cm³/mol. The summed E-state index contributed by atoms with van der Waals surface area (Å²) in [5.41, 5.74) is -1.11. The van der Waals surface area contributed by atoms with Gasteiger partial charge in [-0.25, -0.2) is 0 Å². The number of carbonyl (C=O) groups is 3. The molecule has 0 aliphatic heterocycles. The van der Waals surface area contributed by atoms with Crippen LogP contribution in [-0.2, 0) is 14.4 Å². The molecule has 0 atom stereocenters. The molecule has 0 unspecified atom stereocenters. The zero-order valence-corrected chi connectivity index (χ0v) is 16.7. The number of aliphatic hydroxyl groups is 4.